The lowest BCUT2D eigenvalue weighted by atomic mass is 10.0. The van der Waals surface area contributed by atoms with Crippen molar-refractivity contribution >= 4 is 22.9 Å². The van der Waals surface area contributed by atoms with Crippen molar-refractivity contribution < 1.29 is 9.53 Å². The number of carbonyl (C=O) groups is 1. The molecule has 3 heterocycles. The molecule has 0 N–H and O–H groups in total. The summed E-state index contributed by atoms with van der Waals surface area (Å²) < 4.78 is 7.24. The Bertz CT molecular complexity index is 1540. The number of nitrogens with zero attached hydrogens (tertiary/aromatic N) is 7. The van der Waals surface area contributed by atoms with Crippen molar-refractivity contribution in [2.45, 2.75) is 6.92 Å². The maximum Gasteiger partial charge on any atom is 0.253 e. The van der Waals surface area contributed by atoms with E-state index < -0.39 is 0 Å². The molecule has 0 radical (unpaired) electrons. The second kappa shape index (κ2) is 10.3. The fourth-order valence-corrected chi connectivity index (χ4v) is 4.73. The molecule has 38 heavy (non-hydrogen) atoms. The number of amides is 1. The van der Waals surface area contributed by atoms with E-state index in [4.69, 9.17) is 4.74 Å². The fourth-order valence-electron chi connectivity index (χ4n) is 4.73. The molecule has 5 aromatic rings. The minimum atomic E-state index is 0.0403. The summed E-state index contributed by atoms with van der Waals surface area (Å²) in [6.45, 7) is 5.05. The summed E-state index contributed by atoms with van der Waals surface area (Å²) >= 11 is 0. The zero-order valence-corrected chi connectivity index (χ0v) is 21.1. The van der Waals surface area contributed by atoms with E-state index in [1.807, 2.05) is 78.6 Å². The second-order valence-electron chi connectivity index (χ2n) is 9.02. The van der Waals surface area contributed by atoms with Gasteiger partial charge in [0.25, 0.3) is 5.91 Å². The third-order valence-electron chi connectivity index (χ3n) is 6.72. The highest BCUT2D eigenvalue weighted by Gasteiger charge is 2.25. The quantitative estimate of drug-likeness (QED) is 0.341. The summed E-state index contributed by atoms with van der Waals surface area (Å²) in [4.78, 5) is 26.2. The van der Waals surface area contributed by atoms with Crippen LogP contribution in [0.3, 0.4) is 0 Å². The van der Waals surface area contributed by atoms with Gasteiger partial charge < -0.3 is 14.5 Å². The lowest BCUT2D eigenvalue weighted by Crippen LogP contribution is -2.49. The highest BCUT2D eigenvalue weighted by molar-refractivity contribution is 5.95. The van der Waals surface area contributed by atoms with Crippen LogP contribution in [0.25, 0.3) is 28.0 Å². The van der Waals surface area contributed by atoms with Crippen LogP contribution in [0.15, 0.2) is 85.2 Å². The van der Waals surface area contributed by atoms with Crippen LogP contribution in [0.5, 0.6) is 5.75 Å². The van der Waals surface area contributed by atoms with Gasteiger partial charge in [-0.25, -0.2) is 9.97 Å². The van der Waals surface area contributed by atoms with E-state index in [1.165, 1.54) is 6.33 Å². The summed E-state index contributed by atoms with van der Waals surface area (Å²) in [6, 6.07) is 25.6. The molecule has 9 heteroatoms. The first-order valence-electron chi connectivity index (χ1n) is 12.7. The van der Waals surface area contributed by atoms with Crippen molar-refractivity contribution in [1.29, 1.82) is 0 Å². The van der Waals surface area contributed by atoms with Crippen LogP contribution in [0.2, 0.25) is 0 Å². The predicted octanol–water partition coefficient (Wildman–Crippen LogP) is 4.24. The largest absolute Gasteiger partial charge is 0.494 e. The SMILES string of the molecule is CCOc1ccc(-n2nnc3c(N4CCN(C(=O)c5ccc(-c6ccccc6)cc5)CC4)ncnc32)cc1. The van der Waals surface area contributed by atoms with Gasteiger partial charge in [0.1, 0.15) is 12.1 Å². The first kappa shape index (κ1) is 23.6. The Balaban J connectivity index is 1.15. The maximum atomic E-state index is 13.2. The van der Waals surface area contributed by atoms with Gasteiger partial charge in [0.05, 0.1) is 12.3 Å². The van der Waals surface area contributed by atoms with Gasteiger partial charge in [-0.05, 0) is 54.4 Å². The van der Waals surface area contributed by atoms with Crippen LogP contribution in [0, 0.1) is 0 Å². The molecule has 0 unspecified atom stereocenters. The van der Waals surface area contributed by atoms with Gasteiger partial charge in [-0.3, -0.25) is 4.79 Å². The molecule has 0 aliphatic carbocycles. The molecule has 0 spiro atoms. The monoisotopic (exact) mass is 505 g/mol. The molecule has 6 rings (SSSR count). The standard InChI is InChI=1S/C29H27N7O2/c1-2-38-25-14-12-24(13-15-25)36-28-26(32-33-36)27(30-20-31-28)34-16-18-35(19-17-34)29(37)23-10-8-22(9-11-23)21-6-4-3-5-7-21/h3-15,20H,2,16-19H2,1H3. The Morgan fingerprint density at radius 2 is 1.55 bits per heavy atom. The lowest BCUT2D eigenvalue weighted by molar-refractivity contribution is 0.0746. The number of benzene rings is 3. The number of hydrogen-bond acceptors (Lipinski definition) is 7. The number of anilines is 1. The molecule has 0 bridgehead atoms. The third-order valence-corrected chi connectivity index (χ3v) is 6.72. The van der Waals surface area contributed by atoms with Gasteiger partial charge >= 0.3 is 0 Å². The molecule has 3 aromatic carbocycles. The van der Waals surface area contributed by atoms with Crippen LogP contribution >= 0.6 is 0 Å². The van der Waals surface area contributed by atoms with Crippen molar-refractivity contribution in [3.05, 3.63) is 90.8 Å². The van der Waals surface area contributed by atoms with Crippen molar-refractivity contribution in [2.75, 3.05) is 37.7 Å². The van der Waals surface area contributed by atoms with Gasteiger partial charge in [-0.15, -0.1) is 5.10 Å². The van der Waals surface area contributed by atoms with Gasteiger partial charge in [-0.1, -0.05) is 47.7 Å². The third kappa shape index (κ3) is 4.54. The summed E-state index contributed by atoms with van der Waals surface area (Å²) in [6.07, 6.45) is 1.54. The zero-order chi connectivity index (χ0) is 25.9. The molecule has 1 aliphatic heterocycles. The van der Waals surface area contributed by atoms with Gasteiger partial charge in [0, 0.05) is 31.7 Å². The highest BCUT2D eigenvalue weighted by atomic mass is 16.5. The van der Waals surface area contributed by atoms with Gasteiger partial charge in [0.2, 0.25) is 0 Å². The number of aromatic nitrogens is 5. The minimum absolute atomic E-state index is 0.0403. The first-order chi connectivity index (χ1) is 18.7. The Morgan fingerprint density at radius 3 is 2.26 bits per heavy atom. The molecular formula is C29H27N7O2. The van der Waals surface area contributed by atoms with Gasteiger partial charge in [0.15, 0.2) is 17.0 Å². The van der Waals surface area contributed by atoms with Crippen molar-refractivity contribution in [3.63, 3.8) is 0 Å². The highest BCUT2D eigenvalue weighted by Crippen LogP contribution is 2.25. The van der Waals surface area contributed by atoms with E-state index in [2.05, 4.69) is 37.3 Å². The Morgan fingerprint density at radius 1 is 0.842 bits per heavy atom. The molecule has 1 amide bonds. The average molecular weight is 506 g/mol. The summed E-state index contributed by atoms with van der Waals surface area (Å²) in [5.74, 6) is 1.57. The summed E-state index contributed by atoms with van der Waals surface area (Å²) in [5, 5.41) is 8.74. The van der Waals surface area contributed by atoms with Crippen LogP contribution in [0.4, 0.5) is 5.82 Å². The maximum absolute atomic E-state index is 13.2. The number of carbonyl (C=O) groups excluding carboxylic acids is 1. The molecule has 0 atom stereocenters. The number of ether oxygens (including phenoxy) is 1. The molecule has 1 saturated heterocycles. The Kier molecular flexibility index (Phi) is 6.39. The normalized spacial score (nSPS) is 13.6. The van der Waals surface area contributed by atoms with Crippen LogP contribution in [-0.4, -0.2) is 68.6 Å². The Labute approximate surface area is 220 Å². The average Bonchev–Trinajstić information content (AvgIpc) is 3.43. The second-order valence-corrected chi connectivity index (χ2v) is 9.02. The Hall–Kier alpha value is -4.79. The van der Waals surface area contributed by atoms with E-state index in [-0.39, 0.29) is 5.91 Å². The molecule has 190 valence electrons. The molecular weight excluding hydrogens is 478 g/mol. The first-order valence-corrected chi connectivity index (χ1v) is 12.7. The molecule has 1 fully saturated rings. The topological polar surface area (TPSA) is 89.3 Å². The lowest BCUT2D eigenvalue weighted by Gasteiger charge is -2.35. The van der Waals surface area contributed by atoms with E-state index in [1.54, 1.807) is 4.68 Å². The summed E-state index contributed by atoms with van der Waals surface area (Å²) in [5.41, 5.74) is 5.04. The van der Waals surface area contributed by atoms with Crippen molar-refractivity contribution in [3.8, 4) is 22.6 Å². The van der Waals surface area contributed by atoms with E-state index in [0.29, 0.717) is 49.5 Å². The molecule has 1 aliphatic rings. The number of hydrogen-bond donors (Lipinski definition) is 0. The zero-order valence-electron chi connectivity index (χ0n) is 21.1. The number of fused-ring (bicyclic) bond motifs is 1. The van der Waals surface area contributed by atoms with Crippen molar-refractivity contribution in [2.24, 2.45) is 0 Å². The van der Waals surface area contributed by atoms with Crippen LogP contribution in [-0.2, 0) is 0 Å². The summed E-state index contributed by atoms with van der Waals surface area (Å²) in [7, 11) is 0. The van der Waals surface area contributed by atoms with Gasteiger partial charge in [-0.2, -0.15) is 4.68 Å². The van der Waals surface area contributed by atoms with E-state index >= 15 is 0 Å². The van der Waals surface area contributed by atoms with E-state index in [0.717, 1.165) is 28.4 Å². The number of rotatable bonds is 6. The van der Waals surface area contributed by atoms with E-state index in [9.17, 15) is 4.79 Å². The van der Waals surface area contributed by atoms with Crippen LogP contribution < -0.4 is 9.64 Å². The fraction of sp³-hybridized carbons (Fsp3) is 0.207. The minimum Gasteiger partial charge on any atom is -0.494 e. The predicted molar refractivity (Wildman–Crippen MR) is 146 cm³/mol. The molecule has 2 aromatic heterocycles. The molecule has 0 saturated carbocycles. The van der Waals surface area contributed by atoms with Crippen molar-refractivity contribution in [1.82, 2.24) is 29.9 Å². The number of piperazine rings is 1. The van der Waals surface area contributed by atoms with Crippen LogP contribution in [0.1, 0.15) is 17.3 Å². The molecule has 9 nitrogen and oxygen atoms in total. The smallest absolute Gasteiger partial charge is 0.253 e.